The summed E-state index contributed by atoms with van der Waals surface area (Å²) in [5, 5.41) is 0. The van der Waals surface area contributed by atoms with Gasteiger partial charge >= 0.3 is 0 Å². The minimum Gasteiger partial charge on any atom is -0.444 e. The maximum Gasteiger partial charge on any atom is 0.208 e. The highest BCUT2D eigenvalue weighted by Crippen LogP contribution is 2.40. The summed E-state index contributed by atoms with van der Waals surface area (Å²) in [7, 11) is 0. The number of piperazine rings is 1. The molecule has 0 unspecified atom stereocenters. The Labute approximate surface area is 153 Å². The van der Waals surface area contributed by atoms with E-state index in [0.717, 1.165) is 63.2 Å². The predicted octanol–water partition coefficient (Wildman–Crippen LogP) is 2.70. The van der Waals surface area contributed by atoms with E-state index in [2.05, 4.69) is 19.7 Å². The molecule has 2 saturated heterocycles. The van der Waals surface area contributed by atoms with Crippen molar-refractivity contribution in [3.05, 3.63) is 47.9 Å². The van der Waals surface area contributed by atoms with Crippen molar-refractivity contribution in [3.8, 4) is 0 Å². The van der Waals surface area contributed by atoms with Crippen LogP contribution in [0, 0.1) is 5.82 Å². The van der Waals surface area contributed by atoms with Gasteiger partial charge in [0.2, 0.25) is 5.89 Å². The molecule has 0 N–H and O–H groups in total. The molecule has 5 nitrogen and oxygen atoms in total. The summed E-state index contributed by atoms with van der Waals surface area (Å²) in [5.41, 5.74) is 1.12. The van der Waals surface area contributed by atoms with E-state index in [0.29, 0.717) is 12.0 Å². The van der Waals surface area contributed by atoms with E-state index in [1.807, 2.05) is 18.3 Å². The molecule has 3 fully saturated rings. The van der Waals surface area contributed by atoms with Gasteiger partial charge < -0.3 is 9.32 Å². The summed E-state index contributed by atoms with van der Waals surface area (Å²) in [6.07, 6.45) is 4.42. The third kappa shape index (κ3) is 3.35. The zero-order valence-electron chi connectivity index (χ0n) is 15.0. The minimum atomic E-state index is -0.169. The minimum absolute atomic E-state index is 0.169. The molecule has 0 spiro atoms. The SMILES string of the molecule is Fc1ccc(N2CCN(C3CN(Cc4ncc(C5CC5)o4)C3)CC2)cc1. The van der Waals surface area contributed by atoms with E-state index in [-0.39, 0.29) is 5.82 Å². The molecule has 3 aliphatic rings. The van der Waals surface area contributed by atoms with Crippen LogP contribution in [0.15, 0.2) is 34.9 Å². The summed E-state index contributed by atoms with van der Waals surface area (Å²) in [6, 6.07) is 7.49. The van der Waals surface area contributed by atoms with Crippen LogP contribution in [0.4, 0.5) is 10.1 Å². The summed E-state index contributed by atoms with van der Waals surface area (Å²) < 4.78 is 18.9. The number of rotatable bonds is 5. The molecule has 1 aromatic heterocycles. The Morgan fingerprint density at radius 1 is 1.04 bits per heavy atom. The van der Waals surface area contributed by atoms with Crippen LogP contribution in [0.3, 0.4) is 0 Å². The van der Waals surface area contributed by atoms with Gasteiger partial charge in [-0.3, -0.25) is 9.80 Å². The van der Waals surface area contributed by atoms with Gasteiger partial charge in [0.15, 0.2) is 0 Å². The summed E-state index contributed by atoms with van der Waals surface area (Å²) in [4.78, 5) is 11.8. The molecule has 0 radical (unpaired) electrons. The molecule has 1 aromatic carbocycles. The van der Waals surface area contributed by atoms with Gasteiger partial charge in [0.1, 0.15) is 11.6 Å². The van der Waals surface area contributed by atoms with Gasteiger partial charge in [-0.25, -0.2) is 9.37 Å². The number of anilines is 1. The third-order valence-electron chi connectivity index (χ3n) is 5.87. The number of benzene rings is 1. The van der Waals surface area contributed by atoms with Crippen LogP contribution in [-0.4, -0.2) is 60.1 Å². The standard InChI is InChI=1S/C20H25FN4O/c21-16-3-5-17(6-4-16)24-7-9-25(10-8-24)18-12-23(13-18)14-20-22-11-19(26-20)15-1-2-15/h3-6,11,15,18H,1-2,7-10,12-14H2. The molecule has 26 heavy (non-hydrogen) atoms. The fourth-order valence-corrected chi connectivity index (χ4v) is 4.05. The second-order valence-electron chi connectivity index (χ2n) is 7.78. The second-order valence-corrected chi connectivity index (χ2v) is 7.78. The quantitative estimate of drug-likeness (QED) is 0.823. The van der Waals surface area contributed by atoms with Gasteiger partial charge in [0, 0.05) is 56.9 Å². The van der Waals surface area contributed by atoms with Crippen LogP contribution in [0.25, 0.3) is 0 Å². The molecule has 1 saturated carbocycles. The highest BCUT2D eigenvalue weighted by molar-refractivity contribution is 5.46. The number of likely N-dealkylation sites (tertiary alicyclic amines) is 1. The van der Waals surface area contributed by atoms with Gasteiger partial charge in [-0.2, -0.15) is 0 Å². The number of nitrogens with zero attached hydrogens (tertiary/aromatic N) is 4. The van der Waals surface area contributed by atoms with Crippen molar-refractivity contribution in [3.63, 3.8) is 0 Å². The Morgan fingerprint density at radius 3 is 2.46 bits per heavy atom. The van der Waals surface area contributed by atoms with Crippen LogP contribution < -0.4 is 4.90 Å². The number of oxazole rings is 1. The van der Waals surface area contributed by atoms with E-state index < -0.39 is 0 Å². The third-order valence-corrected chi connectivity index (χ3v) is 5.87. The molecule has 3 heterocycles. The fourth-order valence-electron chi connectivity index (χ4n) is 4.05. The van der Waals surface area contributed by atoms with Gasteiger partial charge in [-0.1, -0.05) is 0 Å². The lowest BCUT2D eigenvalue weighted by molar-refractivity contribution is 0.0205. The number of hydrogen-bond donors (Lipinski definition) is 0. The van der Waals surface area contributed by atoms with Crippen LogP contribution in [-0.2, 0) is 6.54 Å². The molecule has 0 bridgehead atoms. The van der Waals surface area contributed by atoms with Crippen molar-refractivity contribution in [1.82, 2.24) is 14.8 Å². The summed E-state index contributed by atoms with van der Waals surface area (Å²) in [6.45, 7) is 7.18. The molecule has 2 aliphatic heterocycles. The van der Waals surface area contributed by atoms with Gasteiger partial charge in [0.05, 0.1) is 12.7 Å². The Bertz CT molecular complexity index is 743. The van der Waals surface area contributed by atoms with Crippen LogP contribution >= 0.6 is 0 Å². The Kier molecular flexibility index (Phi) is 4.17. The van der Waals surface area contributed by atoms with Crippen molar-refractivity contribution < 1.29 is 8.81 Å². The topological polar surface area (TPSA) is 35.8 Å². The average molecular weight is 356 g/mol. The molecule has 138 valence electrons. The second kappa shape index (κ2) is 6.67. The normalized spacial score (nSPS) is 22.6. The van der Waals surface area contributed by atoms with E-state index in [1.54, 1.807) is 12.1 Å². The average Bonchev–Trinajstić information content (AvgIpc) is 3.38. The lowest BCUT2D eigenvalue weighted by atomic mass is 10.1. The smallest absolute Gasteiger partial charge is 0.208 e. The van der Waals surface area contributed by atoms with Gasteiger partial charge in [-0.05, 0) is 37.1 Å². The maximum absolute atomic E-state index is 13.1. The lowest BCUT2D eigenvalue weighted by Crippen LogP contribution is -2.62. The van der Waals surface area contributed by atoms with Gasteiger partial charge in [0.25, 0.3) is 0 Å². The predicted molar refractivity (Wildman–Crippen MR) is 97.7 cm³/mol. The van der Waals surface area contributed by atoms with Crippen molar-refractivity contribution >= 4 is 5.69 Å². The number of halogens is 1. The fraction of sp³-hybridized carbons (Fsp3) is 0.550. The van der Waals surface area contributed by atoms with Crippen molar-refractivity contribution in [1.29, 1.82) is 0 Å². The maximum atomic E-state index is 13.1. The Morgan fingerprint density at radius 2 is 1.77 bits per heavy atom. The van der Waals surface area contributed by atoms with E-state index >= 15 is 0 Å². The molecular weight excluding hydrogens is 331 g/mol. The van der Waals surface area contributed by atoms with Crippen molar-refractivity contribution in [2.75, 3.05) is 44.2 Å². The molecule has 0 atom stereocenters. The highest BCUT2D eigenvalue weighted by atomic mass is 19.1. The van der Waals surface area contributed by atoms with Gasteiger partial charge in [-0.15, -0.1) is 0 Å². The Hall–Kier alpha value is -1.92. The van der Waals surface area contributed by atoms with E-state index in [4.69, 9.17) is 4.42 Å². The summed E-state index contributed by atoms with van der Waals surface area (Å²) in [5.74, 6) is 2.41. The molecular formula is C20H25FN4O. The number of aromatic nitrogens is 1. The van der Waals surface area contributed by atoms with Crippen molar-refractivity contribution in [2.24, 2.45) is 0 Å². The van der Waals surface area contributed by atoms with Crippen LogP contribution in [0.5, 0.6) is 0 Å². The van der Waals surface area contributed by atoms with E-state index in [9.17, 15) is 4.39 Å². The van der Waals surface area contributed by atoms with Crippen LogP contribution in [0.2, 0.25) is 0 Å². The molecule has 0 amide bonds. The Balaban J connectivity index is 1.08. The molecule has 1 aliphatic carbocycles. The molecule has 5 rings (SSSR count). The first-order valence-electron chi connectivity index (χ1n) is 9.66. The first kappa shape index (κ1) is 16.3. The largest absolute Gasteiger partial charge is 0.444 e. The zero-order valence-corrected chi connectivity index (χ0v) is 15.0. The van der Waals surface area contributed by atoms with Crippen LogP contribution in [0.1, 0.15) is 30.4 Å². The first-order valence-corrected chi connectivity index (χ1v) is 9.66. The lowest BCUT2D eigenvalue weighted by Gasteiger charge is -2.48. The number of hydrogen-bond acceptors (Lipinski definition) is 5. The zero-order chi connectivity index (χ0) is 17.5. The highest BCUT2D eigenvalue weighted by Gasteiger charge is 2.34. The van der Waals surface area contributed by atoms with Crippen molar-refractivity contribution in [2.45, 2.75) is 31.3 Å². The molecule has 2 aromatic rings. The molecule has 6 heteroatoms. The van der Waals surface area contributed by atoms with E-state index in [1.165, 1.54) is 12.8 Å². The monoisotopic (exact) mass is 356 g/mol. The first-order chi connectivity index (χ1) is 12.7. The summed E-state index contributed by atoms with van der Waals surface area (Å²) >= 11 is 0.